The Morgan fingerprint density at radius 1 is 1.03 bits per heavy atom. The van der Waals surface area contributed by atoms with Gasteiger partial charge in [-0.3, -0.25) is 9.59 Å². The molecule has 30 heavy (non-hydrogen) atoms. The summed E-state index contributed by atoms with van der Waals surface area (Å²) in [5.41, 5.74) is 0.377. The molecule has 3 rings (SSSR count). The van der Waals surface area contributed by atoms with Gasteiger partial charge in [0.2, 0.25) is 18.6 Å². The van der Waals surface area contributed by atoms with E-state index in [1.54, 1.807) is 22.1 Å². The predicted octanol–water partition coefficient (Wildman–Crippen LogP) is 3.82. The van der Waals surface area contributed by atoms with Crippen molar-refractivity contribution in [1.82, 2.24) is 9.80 Å². The van der Waals surface area contributed by atoms with Crippen LogP contribution in [0, 0.1) is 5.41 Å². The van der Waals surface area contributed by atoms with E-state index in [-0.39, 0.29) is 25.2 Å². The van der Waals surface area contributed by atoms with Gasteiger partial charge in [-0.1, -0.05) is 33.8 Å². The molecule has 1 aliphatic heterocycles. The molecule has 1 aromatic heterocycles. The van der Waals surface area contributed by atoms with Crippen molar-refractivity contribution in [2.75, 3.05) is 19.9 Å². The van der Waals surface area contributed by atoms with E-state index in [1.807, 2.05) is 52.0 Å². The molecule has 2 amide bonds. The molecule has 0 N–H and O–H groups in total. The second kappa shape index (κ2) is 9.24. The molecule has 162 valence electrons. The third-order valence-corrected chi connectivity index (χ3v) is 4.84. The average molecular weight is 415 g/mol. The average Bonchev–Trinajstić information content (AvgIpc) is 3.37. The van der Waals surface area contributed by atoms with Crippen molar-refractivity contribution < 1.29 is 23.5 Å². The second-order valence-corrected chi connectivity index (χ2v) is 8.49. The van der Waals surface area contributed by atoms with E-state index in [0.29, 0.717) is 36.9 Å². The zero-order chi connectivity index (χ0) is 21.7. The van der Waals surface area contributed by atoms with Gasteiger partial charge in [0.15, 0.2) is 11.5 Å². The van der Waals surface area contributed by atoms with E-state index in [4.69, 9.17) is 13.9 Å². The number of benzene rings is 1. The van der Waals surface area contributed by atoms with Gasteiger partial charge in [0.1, 0.15) is 5.76 Å². The van der Waals surface area contributed by atoms with E-state index >= 15 is 0 Å². The molecule has 0 saturated heterocycles. The van der Waals surface area contributed by atoms with Crippen molar-refractivity contribution in [1.29, 1.82) is 0 Å². The largest absolute Gasteiger partial charge is 0.467 e. The van der Waals surface area contributed by atoms with Crippen molar-refractivity contribution in [2.45, 2.75) is 47.2 Å². The maximum Gasteiger partial charge on any atom is 0.242 e. The van der Waals surface area contributed by atoms with Crippen LogP contribution in [0.15, 0.2) is 41.0 Å². The summed E-state index contributed by atoms with van der Waals surface area (Å²) in [6, 6.07) is 9.28. The predicted molar refractivity (Wildman–Crippen MR) is 112 cm³/mol. The molecule has 0 aliphatic carbocycles. The highest BCUT2D eigenvalue weighted by atomic mass is 16.7. The van der Waals surface area contributed by atoms with E-state index in [1.165, 1.54) is 0 Å². The van der Waals surface area contributed by atoms with Crippen LogP contribution in [-0.2, 0) is 22.7 Å². The van der Waals surface area contributed by atoms with Crippen LogP contribution in [0.3, 0.4) is 0 Å². The molecule has 0 spiro atoms. The lowest BCUT2D eigenvalue weighted by atomic mass is 9.94. The molecule has 7 heteroatoms. The fourth-order valence-electron chi connectivity index (χ4n) is 3.34. The van der Waals surface area contributed by atoms with Crippen molar-refractivity contribution >= 4 is 11.8 Å². The van der Waals surface area contributed by atoms with Gasteiger partial charge in [0.05, 0.1) is 19.4 Å². The minimum absolute atomic E-state index is 0.0290. The quantitative estimate of drug-likeness (QED) is 0.657. The summed E-state index contributed by atoms with van der Waals surface area (Å²) in [5.74, 6) is 1.91. The summed E-state index contributed by atoms with van der Waals surface area (Å²) in [6.07, 6.45) is 2.38. The summed E-state index contributed by atoms with van der Waals surface area (Å²) >= 11 is 0. The van der Waals surface area contributed by atoms with Crippen LogP contribution in [0.4, 0.5) is 0 Å². The molecular weight excluding hydrogens is 384 g/mol. The van der Waals surface area contributed by atoms with Crippen LogP contribution < -0.4 is 9.47 Å². The van der Waals surface area contributed by atoms with E-state index in [2.05, 4.69) is 0 Å². The summed E-state index contributed by atoms with van der Waals surface area (Å²) in [5, 5.41) is 0. The fourth-order valence-corrected chi connectivity index (χ4v) is 3.34. The molecular formula is C23H30N2O5. The minimum atomic E-state index is -0.543. The standard InChI is InChI=1S/C23H30N2O5/c1-5-10-24(22(27)23(2,3)4)15-21(26)25(14-18-7-6-11-28-18)13-17-8-9-19-20(12-17)30-16-29-19/h6-9,11-12H,5,10,13-16H2,1-4H3. The lowest BCUT2D eigenvalue weighted by molar-refractivity contribution is -0.146. The van der Waals surface area contributed by atoms with Gasteiger partial charge in [-0.05, 0) is 36.2 Å². The van der Waals surface area contributed by atoms with Crippen LogP contribution in [0.1, 0.15) is 45.4 Å². The third-order valence-electron chi connectivity index (χ3n) is 4.84. The molecule has 2 aromatic rings. The number of hydrogen-bond acceptors (Lipinski definition) is 5. The number of rotatable bonds is 8. The lowest BCUT2D eigenvalue weighted by Gasteiger charge is -2.31. The number of carbonyl (C=O) groups is 2. The molecule has 7 nitrogen and oxygen atoms in total. The Morgan fingerprint density at radius 2 is 1.80 bits per heavy atom. The Kier molecular flexibility index (Phi) is 6.70. The first-order valence-electron chi connectivity index (χ1n) is 10.3. The van der Waals surface area contributed by atoms with Gasteiger partial charge in [0.25, 0.3) is 0 Å². The molecule has 0 atom stereocenters. The Hall–Kier alpha value is -2.96. The summed E-state index contributed by atoms with van der Waals surface area (Å²) in [4.78, 5) is 29.4. The van der Waals surface area contributed by atoms with Crippen LogP contribution >= 0.6 is 0 Å². The normalized spacial score (nSPS) is 12.7. The van der Waals surface area contributed by atoms with E-state index in [0.717, 1.165) is 12.0 Å². The molecule has 1 aromatic carbocycles. The summed E-state index contributed by atoms with van der Waals surface area (Å²) in [7, 11) is 0. The number of ether oxygens (including phenoxy) is 2. The first-order valence-corrected chi connectivity index (χ1v) is 10.3. The number of carbonyl (C=O) groups excluding carboxylic acids is 2. The van der Waals surface area contributed by atoms with E-state index < -0.39 is 5.41 Å². The fraction of sp³-hybridized carbons (Fsp3) is 0.478. The van der Waals surface area contributed by atoms with Crippen LogP contribution in [-0.4, -0.2) is 41.5 Å². The number of hydrogen-bond donors (Lipinski definition) is 0. The highest BCUT2D eigenvalue weighted by Gasteiger charge is 2.29. The van der Waals surface area contributed by atoms with Crippen molar-refractivity contribution in [2.24, 2.45) is 5.41 Å². The monoisotopic (exact) mass is 414 g/mol. The highest BCUT2D eigenvalue weighted by Crippen LogP contribution is 2.33. The number of nitrogens with zero attached hydrogens (tertiary/aromatic N) is 2. The molecule has 0 unspecified atom stereocenters. The zero-order valence-electron chi connectivity index (χ0n) is 18.1. The SMILES string of the molecule is CCCN(CC(=O)N(Cc1ccc2c(c1)OCO2)Cc1ccco1)C(=O)C(C)(C)C. The first-order chi connectivity index (χ1) is 14.3. The lowest BCUT2D eigenvalue weighted by Crippen LogP contribution is -2.46. The summed E-state index contributed by atoms with van der Waals surface area (Å²) in [6.45, 7) is 9.09. The maximum atomic E-state index is 13.3. The van der Waals surface area contributed by atoms with Crippen LogP contribution in [0.5, 0.6) is 11.5 Å². The van der Waals surface area contributed by atoms with E-state index in [9.17, 15) is 9.59 Å². The van der Waals surface area contributed by atoms with Gasteiger partial charge in [0, 0.05) is 18.5 Å². The minimum Gasteiger partial charge on any atom is -0.467 e. The number of amides is 2. The van der Waals surface area contributed by atoms with Gasteiger partial charge in [-0.15, -0.1) is 0 Å². The number of furan rings is 1. The Labute approximate surface area is 177 Å². The molecule has 0 saturated carbocycles. The summed E-state index contributed by atoms with van der Waals surface area (Å²) < 4.78 is 16.3. The van der Waals surface area contributed by atoms with Gasteiger partial charge < -0.3 is 23.7 Å². The third kappa shape index (κ3) is 5.34. The molecule has 1 aliphatic rings. The molecule has 2 heterocycles. The zero-order valence-corrected chi connectivity index (χ0v) is 18.1. The van der Waals surface area contributed by atoms with Crippen LogP contribution in [0.25, 0.3) is 0 Å². The molecule has 0 fully saturated rings. The highest BCUT2D eigenvalue weighted by molar-refractivity contribution is 5.87. The first kappa shape index (κ1) is 21.7. The van der Waals surface area contributed by atoms with Gasteiger partial charge in [-0.2, -0.15) is 0 Å². The van der Waals surface area contributed by atoms with Crippen molar-refractivity contribution in [3.05, 3.63) is 47.9 Å². The van der Waals surface area contributed by atoms with Crippen LogP contribution in [0.2, 0.25) is 0 Å². The van der Waals surface area contributed by atoms with Gasteiger partial charge >= 0.3 is 0 Å². The number of fused-ring (bicyclic) bond motifs is 1. The van der Waals surface area contributed by atoms with Gasteiger partial charge in [-0.25, -0.2) is 0 Å². The Balaban J connectivity index is 1.78. The van der Waals surface area contributed by atoms with Crippen molar-refractivity contribution in [3.63, 3.8) is 0 Å². The molecule has 0 radical (unpaired) electrons. The smallest absolute Gasteiger partial charge is 0.242 e. The molecule has 0 bridgehead atoms. The second-order valence-electron chi connectivity index (χ2n) is 8.49. The van der Waals surface area contributed by atoms with Crippen molar-refractivity contribution in [3.8, 4) is 11.5 Å². The maximum absolute atomic E-state index is 13.3. The Morgan fingerprint density at radius 3 is 2.47 bits per heavy atom. The Bertz CT molecular complexity index is 870. The topological polar surface area (TPSA) is 72.2 Å².